The Bertz CT molecular complexity index is 1230. The molecule has 1 aliphatic rings. The average Bonchev–Trinajstić information content (AvgIpc) is 3.29. The summed E-state index contributed by atoms with van der Waals surface area (Å²) in [5.74, 6) is -0.960. The second kappa shape index (κ2) is 9.84. The van der Waals surface area contributed by atoms with Crippen LogP contribution >= 0.6 is 0 Å². The number of anilines is 1. The fourth-order valence-electron chi connectivity index (χ4n) is 3.53. The summed E-state index contributed by atoms with van der Waals surface area (Å²) >= 11 is 0. The molecule has 0 amide bonds. The summed E-state index contributed by atoms with van der Waals surface area (Å²) in [7, 11) is 0. The van der Waals surface area contributed by atoms with Crippen LogP contribution in [-0.4, -0.2) is 51.8 Å². The van der Waals surface area contributed by atoms with E-state index in [1.54, 1.807) is 10.6 Å². The summed E-state index contributed by atoms with van der Waals surface area (Å²) in [6.45, 7) is 2.32. The molecule has 33 heavy (non-hydrogen) atoms. The van der Waals surface area contributed by atoms with Gasteiger partial charge in [-0.25, -0.2) is 0 Å². The van der Waals surface area contributed by atoms with Gasteiger partial charge in [0.15, 0.2) is 17.5 Å². The molecule has 0 aliphatic carbocycles. The number of ether oxygens (including phenoxy) is 1. The maximum Gasteiger partial charge on any atom is 0.270 e. The Labute approximate surface area is 189 Å². The summed E-state index contributed by atoms with van der Waals surface area (Å²) in [5, 5.41) is 29.3. The molecule has 0 spiro atoms. The first kappa shape index (κ1) is 21.9. The molecule has 0 bridgehead atoms. The van der Waals surface area contributed by atoms with Gasteiger partial charge in [-0.1, -0.05) is 36.4 Å². The van der Waals surface area contributed by atoms with Gasteiger partial charge in [0, 0.05) is 25.2 Å². The number of rotatable bonds is 7. The van der Waals surface area contributed by atoms with Gasteiger partial charge in [-0.15, -0.1) is 10.2 Å². The van der Waals surface area contributed by atoms with Crippen molar-refractivity contribution in [3.63, 3.8) is 0 Å². The van der Waals surface area contributed by atoms with Gasteiger partial charge in [0.1, 0.15) is 0 Å². The van der Waals surface area contributed by atoms with Crippen molar-refractivity contribution in [2.75, 3.05) is 31.2 Å². The van der Waals surface area contributed by atoms with Gasteiger partial charge < -0.3 is 9.64 Å². The van der Waals surface area contributed by atoms with Crippen molar-refractivity contribution in [3.05, 3.63) is 82.2 Å². The van der Waals surface area contributed by atoms with E-state index >= 15 is 0 Å². The zero-order chi connectivity index (χ0) is 23.2. The van der Waals surface area contributed by atoms with E-state index in [1.165, 1.54) is 30.4 Å². The lowest BCUT2D eigenvalue weighted by atomic mass is 10.0. The highest BCUT2D eigenvalue weighted by atomic mass is 16.6. The van der Waals surface area contributed by atoms with Gasteiger partial charge in [-0.3, -0.25) is 19.5 Å². The Morgan fingerprint density at radius 2 is 1.91 bits per heavy atom. The third kappa shape index (κ3) is 4.78. The van der Waals surface area contributed by atoms with Crippen molar-refractivity contribution in [1.82, 2.24) is 14.8 Å². The Hall–Kier alpha value is -4.36. The lowest BCUT2D eigenvalue weighted by Gasteiger charge is -2.28. The molecular formula is C23H20N6O4. The van der Waals surface area contributed by atoms with E-state index in [1.807, 2.05) is 41.3 Å². The number of benzene rings is 2. The van der Waals surface area contributed by atoms with E-state index in [0.29, 0.717) is 37.8 Å². The number of morpholine rings is 1. The Balaban J connectivity index is 1.68. The summed E-state index contributed by atoms with van der Waals surface area (Å²) < 4.78 is 7.14. The molecule has 1 fully saturated rings. The van der Waals surface area contributed by atoms with Crippen LogP contribution < -0.4 is 4.90 Å². The molecule has 166 valence electrons. The molecule has 2 aromatic carbocycles. The molecule has 0 saturated carbocycles. The predicted octanol–water partition coefficient (Wildman–Crippen LogP) is 2.90. The minimum absolute atomic E-state index is 0.0830. The van der Waals surface area contributed by atoms with Crippen molar-refractivity contribution >= 4 is 23.5 Å². The molecule has 0 N–H and O–H groups in total. The lowest BCUT2D eigenvalue weighted by Crippen LogP contribution is -2.38. The third-order valence-corrected chi connectivity index (χ3v) is 5.17. The van der Waals surface area contributed by atoms with E-state index in [-0.39, 0.29) is 11.5 Å². The highest BCUT2D eigenvalue weighted by Gasteiger charge is 2.29. The standard InChI is InChI=1S/C23H20N6O4/c24-16-20(21(30)10-9-17-5-4-8-19(15-17)29(31)32)22-25-26-23(27-11-13-33-14-12-27)28(22)18-6-2-1-3-7-18/h1-10,15,20H,11-14H2/b10-9+. The molecule has 3 aromatic rings. The zero-order valence-corrected chi connectivity index (χ0v) is 17.6. The molecule has 1 unspecified atom stereocenters. The van der Waals surface area contributed by atoms with Crippen LogP contribution in [0, 0.1) is 21.4 Å². The number of hydrogen-bond acceptors (Lipinski definition) is 8. The van der Waals surface area contributed by atoms with Gasteiger partial charge in [0.25, 0.3) is 5.69 Å². The van der Waals surface area contributed by atoms with Crippen LogP contribution in [0.2, 0.25) is 0 Å². The number of aromatic nitrogens is 3. The van der Waals surface area contributed by atoms with Gasteiger partial charge in [-0.2, -0.15) is 5.26 Å². The Kier molecular flexibility index (Phi) is 6.52. The first-order chi connectivity index (χ1) is 16.1. The quantitative estimate of drug-likeness (QED) is 0.309. The smallest absolute Gasteiger partial charge is 0.270 e. The van der Waals surface area contributed by atoms with E-state index in [4.69, 9.17) is 4.74 Å². The molecule has 1 saturated heterocycles. The number of carbonyl (C=O) groups is 1. The van der Waals surface area contributed by atoms with Crippen LogP contribution in [0.25, 0.3) is 11.8 Å². The molecule has 1 aliphatic heterocycles. The number of non-ortho nitro benzene ring substituents is 1. The first-order valence-electron chi connectivity index (χ1n) is 10.3. The monoisotopic (exact) mass is 444 g/mol. The highest BCUT2D eigenvalue weighted by molar-refractivity contribution is 6.00. The number of nitrogens with zero attached hydrogens (tertiary/aromatic N) is 6. The fourth-order valence-corrected chi connectivity index (χ4v) is 3.53. The van der Waals surface area contributed by atoms with Crippen LogP contribution in [0.4, 0.5) is 11.6 Å². The topological polar surface area (TPSA) is 127 Å². The van der Waals surface area contributed by atoms with Crippen LogP contribution in [-0.2, 0) is 9.53 Å². The Morgan fingerprint density at radius 1 is 1.15 bits per heavy atom. The number of nitriles is 1. The number of carbonyl (C=O) groups excluding carboxylic acids is 1. The van der Waals surface area contributed by atoms with Crippen LogP contribution in [0.1, 0.15) is 17.3 Å². The maximum atomic E-state index is 13.0. The van der Waals surface area contributed by atoms with E-state index in [9.17, 15) is 20.2 Å². The Morgan fingerprint density at radius 3 is 2.61 bits per heavy atom. The van der Waals surface area contributed by atoms with Gasteiger partial charge in [0.05, 0.1) is 29.9 Å². The summed E-state index contributed by atoms with van der Waals surface area (Å²) in [4.78, 5) is 25.5. The van der Waals surface area contributed by atoms with E-state index < -0.39 is 16.6 Å². The summed E-state index contributed by atoms with van der Waals surface area (Å²) in [5.41, 5.74) is 1.13. The van der Waals surface area contributed by atoms with Crippen molar-refractivity contribution in [2.45, 2.75) is 5.92 Å². The summed E-state index contributed by atoms with van der Waals surface area (Å²) in [6.07, 6.45) is 2.69. The number of ketones is 1. The molecule has 0 radical (unpaired) electrons. The largest absolute Gasteiger partial charge is 0.378 e. The number of nitro benzene ring substituents is 1. The van der Waals surface area contributed by atoms with E-state index in [2.05, 4.69) is 10.2 Å². The van der Waals surface area contributed by atoms with Crippen molar-refractivity contribution in [2.24, 2.45) is 0 Å². The molecular weight excluding hydrogens is 424 g/mol. The normalized spacial score (nSPS) is 14.7. The minimum Gasteiger partial charge on any atom is -0.378 e. The number of para-hydroxylation sites is 1. The van der Waals surface area contributed by atoms with Crippen LogP contribution in [0.3, 0.4) is 0 Å². The SMILES string of the molecule is N#CC(C(=O)/C=C/c1cccc([N+](=O)[O-])c1)c1nnc(N2CCOCC2)n1-c1ccccc1. The van der Waals surface area contributed by atoms with Gasteiger partial charge in [-0.05, 0) is 23.8 Å². The second-order valence-electron chi connectivity index (χ2n) is 7.28. The lowest BCUT2D eigenvalue weighted by molar-refractivity contribution is -0.384. The van der Waals surface area contributed by atoms with Gasteiger partial charge >= 0.3 is 0 Å². The zero-order valence-electron chi connectivity index (χ0n) is 17.6. The molecule has 1 atom stereocenters. The van der Waals surface area contributed by atoms with Crippen molar-refractivity contribution in [1.29, 1.82) is 5.26 Å². The maximum absolute atomic E-state index is 13.0. The molecule has 2 heterocycles. The third-order valence-electron chi connectivity index (χ3n) is 5.17. The van der Waals surface area contributed by atoms with E-state index in [0.717, 1.165) is 5.69 Å². The van der Waals surface area contributed by atoms with Crippen molar-refractivity contribution in [3.8, 4) is 11.8 Å². The van der Waals surface area contributed by atoms with Gasteiger partial charge in [0.2, 0.25) is 5.95 Å². The molecule has 1 aromatic heterocycles. The van der Waals surface area contributed by atoms with Crippen molar-refractivity contribution < 1.29 is 14.5 Å². The van der Waals surface area contributed by atoms with Crippen LogP contribution in [0.15, 0.2) is 60.7 Å². The minimum atomic E-state index is -1.21. The molecule has 10 nitrogen and oxygen atoms in total. The molecule has 4 rings (SSSR count). The number of hydrogen-bond donors (Lipinski definition) is 0. The van der Waals surface area contributed by atoms with Crippen LogP contribution in [0.5, 0.6) is 0 Å². The second-order valence-corrected chi connectivity index (χ2v) is 7.28. The number of nitro groups is 1. The predicted molar refractivity (Wildman–Crippen MR) is 120 cm³/mol. The highest BCUT2D eigenvalue weighted by Crippen LogP contribution is 2.26. The fraction of sp³-hybridized carbons (Fsp3) is 0.217. The molecule has 10 heteroatoms. The summed E-state index contributed by atoms with van der Waals surface area (Å²) in [6, 6.07) is 17.2. The number of allylic oxidation sites excluding steroid dienone is 1. The first-order valence-corrected chi connectivity index (χ1v) is 10.3. The average molecular weight is 444 g/mol.